The van der Waals surface area contributed by atoms with E-state index in [0.717, 1.165) is 35.2 Å². The second-order valence-electron chi connectivity index (χ2n) is 7.81. The van der Waals surface area contributed by atoms with Crippen molar-refractivity contribution in [3.05, 3.63) is 51.8 Å². The summed E-state index contributed by atoms with van der Waals surface area (Å²) in [4.78, 5) is 6.07. The van der Waals surface area contributed by atoms with Crippen LogP contribution in [0.3, 0.4) is 0 Å². The first-order valence-electron chi connectivity index (χ1n) is 9.82. The van der Waals surface area contributed by atoms with E-state index in [9.17, 15) is 0 Å². The van der Waals surface area contributed by atoms with Crippen LogP contribution in [-0.4, -0.2) is 11.1 Å². The van der Waals surface area contributed by atoms with Crippen LogP contribution in [0, 0.1) is 11.8 Å². The summed E-state index contributed by atoms with van der Waals surface area (Å²) in [6.07, 6.45) is 18.4. The zero-order valence-corrected chi connectivity index (χ0v) is 16.5. The maximum atomic E-state index is 6.23. The molecule has 3 aliphatic rings. The number of ether oxygens (including phenoxy) is 1. The molecule has 0 bridgehead atoms. The zero-order chi connectivity index (χ0) is 18.1. The molecule has 138 valence electrons. The molecule has 2 N–H and O–H groups in total. The van der Waals surface area contributed by atoms with Crippen LogP contribution in [0.15, 0.2) is 42.0 Å². The van der Waals surface area contributed by atoms with Crippen molar-refractivity contribution in [1.82, 2.24) is 4.98 Å². The van der Waals surface area contributed by atoms with Gasteiger partial charge in [-0.3, -0.25) is 0 Å². The average molecular weight is 369 g/mol. The van der Waals surface area contributed by atoms with Gasteiger partial charge in [0.05, 0.1) is 16.7 Å². The summed E-state index contributed by atoms with van der Waals surface area (Å²) in [5.41, 5.74) is 9.71. The molecule has 0 aliphatic heterocycles. The first-order valence-corrected chi connectivity index (χ1v) is 10.6. The summed E-state index contributed by atoms with van der Waals surface area (Å²) in [5, 5.41) is 1.11. The summed E-state index contributed by atoms with van der Waals surface area (Å²) in [7, 11) is 0. The molecule has 1 heterocycles. The topological polar surface area (TPSA) is 48.1 Å². The van der Waals surface area contributed by atoms with Gasteiger partial charge in [-0.2, -0.15) is 0 Å². The molecule has 0 aromatic carbocycles. The van der Waals surface area contributed by atoms with Crippen molar-refractivity contribution >= 4 is 22.5 Å². The molecule has 0 saturated heterocycles. The first kappa shape index (κ1) is 17.6. The van der Waals surface area contributed by atoms with Crippen LogP contribution in [-0.2, 0) is 4.74 Å². The van der Waals surface area contributed by atoms with E-state index in [-0.39, 0.29) is 6.10 Å². The van der Waals surface area contributed by atoms with Crippen LogP contribution in [0.25, 0.3) is 11.1 Å². The fourth-order valence-corrected chi connectivity index (χ4v) is 5.38. The third kappa shape index (κ3) is 3.52. The van der Waals surface area contributed by atoms with Crippen LogP contribution in [0.5, 0.6) is 0 Å². The van der Waals surface area contributed by atoms with E-state index in [1.54, 1.807) is 0 Å². The summed E-state index contributed by atoms with van der Waals surface area (Å²) in [5.74, 6) is 2.32. The highest BCUT2D eigenvalue weighted by Crippen LogP contribution is 2.44. The van der Waals surface area contributed by atoms with Crippen molar-refractivity contribution in [2.75, 3.05) is 0 Å². The third-order valence-corrected chi connectivity index (χ3v) is 6.69. The SMILES string of the molecule is CC(C)OC1=C(N)C=C(c2ncc(C3=CC=CC4CCCCC34)s2)CC1. The lowest BCUT2D eigenvalue weighted by Gasteiger charge is -2.33. The Hall–Kier alpha value is -1.81. The van der Waals surface area contributed by atoms with Crippen molar-refractivity contribution < 1.29 is 4.74 Å². The van der Waals surface area contributed by atoms with Gasteiger partial charge < -0.3 is 10.5 Å². The van der Waals surface area contributed by atoms with E-state index in [2.05, 4.69) is 30.5 Å². The number of thiazole rings is 1. The number of allylic oxidation sites excluding steroid dienone is 7. The Kier molecular flexibility index (Phi) is 5.03. The zero-order valence-electron chi connectivity index (χ0n) is 15.7. The molecule has 3 aliphatic carbocycles. The van der Waals surface area contributed by atoms with E-state index in [0.29, 0.717) is 5.92 Å². The fourth-order valence-electron chi connectivity index (χ4n) is 4.34. The van der Waals surface area contributed by atoms with Gasteiger partial charge in [-0.15, -0.1) is 11.3 Å². The van der Waals surface area contributed by atoms with Gasteiger partial charge in [-0.05, 0) is 62.2 Å². The van der Waals surface area contributed by atoms with Crippen LogP contribution in [0.4, 0.5) is 0 Å². The molecular weight excluding hydrogens is 340 g/mol. The molecule has 3 nitrogen and oxygen atoms in total. The summed E-state index contributed by atoms with van der Waals surface area (Å²) in [6.45, 7) is 4.08. The van der Waals surface area contributed by atoms with Crippen LogP contribution in [0.2, 0.25) is 0 Å². The number of hydrogen-bond donors (Lipinski definition) is 1. The lowest BCUT2D eigenvalue weighted by molar-refractivity contribution is 0.137. The minimum Gasteiger partial charge on any atom is -0.493 e. The van der Waals surface area contributed by atoms with Crippen molar-refractivity contribution in [2.45, 2.75) is 58.5 Å². The molecule has 4 rings (SSSR count). The molecule has 1 saturated carbocycles. The van der Waals surface area contributed by atoms with Crippen molar-refractivity contribution in [3.8, 4) is 0 Å². The van der Waals surface area contributed by atoms with Gasteiger partial charge in [-0.25, -0.2) is 4.98 Å². The van der Waals surface area contributed by atoms with Gasteiger partial charge >= 0.3 is 0 Å². The molecular formula is C22H28N2OS. The summed E-state index contributed by atoms with van der Waals surface area (Å²) in [6, 6.07) is 0. The molecule has 0 amide bonds. The van der Waals surface area contributed by atoms with E-state index in [1.165, 1.54) is 41.7 Å². The normalized spacial score (nSPS) is 25.8. The molecule has 2 atom stereocenters. The largest absolute Gasteiger partial charge is 0.493 e. The minimum absolute atomic E-state index is 0.166. The molecule has 2 unspecified atom stereocenters. The van der Waals surface area contributed by atoms with E-state index >= 15 is 0 Å². The predicted octanol–water partition coefficient (Wildman–Crippen LogP) is 5.68. The van der Waals surface area contributed by atoms with Crippen molar-refractivity contribution in [1.29, 1.82) is 0 Å². The lowest BCUT2D eigenvalue weighted by Crippen LogP contribution is -2.20. The van der Waals surface area contributed by atoms with Gasteiger partial charge in [-0.1, -0.05) is 31.1 Å². The van der Waals surface area contributed by atoms with Gasteiger partial charge in [0.2, 0.25) is 0 Å². The second-order valence-corrected chi connectivity index (χ2v) is 8.84. The molecule has 1 aromatic heterocycles. The molecule has 1 aromatic rings. The maximum Gasteiger partial charge on any atom is 0.120 e. The maximum absolute atomic E-state index is 6.23. The van der Waals surface area contributed by atoms with Crippen molar-refractivity contribution in [2.24, 2.45) is 17.6 Å². The van der Waals surface area contributed by atoms with E-state index in [1.807, 2.05) is 25.2 Å². The first-order chi connectivity index (χ1) is 12.6. The Morgan fingerprint density at radius 2 is 2.08 bits per heavy atom. The standard InChI is InChI=1S/C22H28N2OS/c1-14(2)25-20-11-10-16(12-19(20)23)22-24-13-21(26-22)18-9-5-7-15-6-3-4-8-17(15)18/h5,7,9,12-15,17H,3-4,6,8,10-11,23H2,1-2H3. The Morgan fingerprint density at radius 3 is 2.88 bits per heavy atom. The van der Waals surface area contributed by atoms with E-state index in [4.69, 9.17) is 15.5 Å². The quantitative estimate of drug-likeness (QED) is 0.744. The van der Waals surface area contributed by atoms with E-state index < -0.39 is 0 Å². The molecule has 0 spiro atoms. The molecule has 1 fully saturated rings. The summed E-state index contributed by atoms with van der Waals surface area (Å²) >= 11 is 1.82. The third-order valence-electron chi connectivity index (χ3n) is 5.57. The monoisotopic (exact) mass is 368 g/mol. The highest BCUT2D eigenvalue weighted by atomic mass is 32.1. The lowest BCUT2D eigenvalue weighted by atomic mass is 9.72. The fraction of sp³-hybridized carbons (Fsp3) is 0.500. The van der Waals surface area contributed by atoms with Crippen LogP contribution in [0.1, 0.15) is 62.3 Å². The van der Waals surface area contributed by atoms with Gasteiger partial charge in [0, 0.05) is 12.6 Å². The molecule has 4 heteroatoms. The minimum atomic E-state index is 0.166. The number of nitrogens with zero attached hydrogens (tertiary/aromatic N) is 1. The molecule has 26 heavy (non-hydrogen) atoms. The Labute approximate surface area is 160 Å². The van der Waals surface area contributed by atoms with Gasteiger partial charge in [0.1, 0.15) is 10.8 Å². The highest BCUT2D eigenvalue weighted by molar-refractivity contribution is 7.13. The number of aromatic nitrogens is 1. The number of hydrogen-bond acceptors (Lipinski definition) is 4. The van der Waals surface area contributed by atoms with Gasteiger partial charge in [0.15, 0.2) is 0 Å². The molecule has 0 radical (unpaired) electrons. The number of fused-ring (bicyclic) bond motifs is 1. The number of nitrogens with two attached hydrogens (primary N) is 1. The number of rotatable bonds is 4. The average Bonchev–Trinajstić information content (AvgIpc) is 3.12. The van der Waals surface area contributed by atoms with Crippen LogP contribution >= 0.6 is 11.3 Å². The van der Waals surface area contributed by atoms with Gasteiger partial charge in [0.25, 0.3) is 0 Å². The van der Waals surface area contributed by atoms with Crippen LogP contribution < -0.4 is 5.73 Å². The Bertz CT molecular complexity index is 797. The predicted molar refractivity (Wildman–Crippen MR) is 109 cm³/mol. The smallest absolute Gasteiger partial charge is 0.120 e. The second kappa shape index (κ2) is 7.43. The highest BCUT2D eigenvalue weighted by Gasteiger charge is 2.29. The Morgan fingerprint density at radius 1 is 1.23 bits per heavy atom. The summed E-state index contributed by atoms with van der Waals surface area (Å²) < 4.78 is 5.82. The Balaban J connectivity index is 1.56. The van der Waals surface area contributed by atoms with Crippen molar-refractivity contribution in [3.63, 3.8) is 0 Å².